The van der Waals surface area contributed by atoms with E-state index in [9.17, 15) is 9.59 Å². The third kappa shape index (κ3) is 2.79. The van der Waals surface area contributed by atoms with Crippen LogP contribution in [0.15, 0.2) is 78.9 Å². The fourth-order valence-corrected chi connectivity index (χ4v) is 4.94. The highest BCUT2D eigenvalue weighted by Crippen LogP contribution is 2.43. The molecule has 2 aliphatic rings. The Bertz CT molecular complexity index is 1090. The molecule has 0 radical (unpaired) electrons. The number of hydrogen-bond donors (Lipinski definition) is 0. The van der Waals surface area contributed by atoms with Crippen molar-refractivity contribution in [2.24, 2.45) is 0 Å². The molecule has 0 N–H and O–H groups in total. The molecule has 1 fully saturated rings. The smallest absolute Gasteiger partial charge is 0.196 e. The first-order chi connectivity index (χ1) is 14.6. The first-order valence-corrected chi connectivity index (χ1v) is 10.5. The number of Topliss-reactive ketones (excluding diaryl/α,β-unsaturated/α-hetero) is 2. The summed E-state index contributed by atoms with van der Waals surface area (Å²) < 4.78 is 0. The van der Waals surface area contributed by atoms with Gasteiger partial charge in [0.2, 0.25) is 0 Å². The molecule has 5 rings (SSSR count). The first-order valence-electron chi connectivity index (χ1n) is 10.1. The van der Waals surface area contributed by atoms with Gasteiger partial charge in [0.1, 0.15) is 0 Å². The van der Waals surface area contributed by atoms with Crippen LogP contribution in [-0.2, 0) is 5.54 Å². The minimum absolute atomic E-state index is 0.120. The summed E-state index contributed by atoms with van der Waals surface area (Å²) >= 11 is 6.16. The Balaban J connectivity index is 1.53. The number of benzene rings is 3. The summed E-state index contributed by atoms with van der Waals surface area (Å²) in [7, 11) is 0. The second-order valence-corrected chi connectivity index (χ2v) is 8.17. The van der Waals surface area contributed by atoms with Crippen molar-refractivity contribution < 1.29 is 9.59 Å². The van der Waals surface area contributed by atoms with Crippen molar-refractivity contribution in [1.29, 1.82) is 0 Å². The Morgan fingerprint density at radius 3 is 1.90 bits per heavy atom. The maximum Gasteiger partial charge on any atom is 0.196 e. The van der Waals surface area contributed by atoms with Crippen molar-refractivity contribution in [3.8, 4) is 0 Å². The van der Waals surface area contributed by atoms with E-state index in [2.05, 4.69) is 9.80 Å². The molecule has 0 aromatic heterocycles. The molecule has 1 aliphatic heterocycles. The lowest BCUT2D eigenvalue weighted by Gasteiger charge is -2.44. The quantitative estimate of drug-likeness (QED) is 0.592. The molecule has 150 valence electrons. The lowest BCUT2D eigenvalue weighted by molar-refractivity contribution is 0.0461. The normalized spacial score (nSPS) is 18.5. The number of hydrogen-bond acceptors (Lipinski definition) is 4. The highest BCUT2D eigenvalue weighted by molar-refractivity contribution is 6.33. The Hall–Kier alpha value is -2.95. The zero-order chi connectivity index (χ0) is 20.7. The van der Waals surface area contributed by atoms with Crippen LogP contribution in [-0.4, -0.2) is 42.6 Å². The maximum absolute atomic E-state index is 13.7. The summed E-state index contributed by atoms with van der Waals surface area (Å²) in [5.41, 5.74) is 1.55. The van der Waals surface area contributed by atoms with Gasteiger partial charge in [0.05, 0.1) is 0 Å². The molecule has 0 bridgehead atoms. The van der Waals surface area contributed by atoms with Gasteiger partial charge in [0, 0.05) is 48.0 Å². The van der Waals surface area contributed by atoms with Gasteiger partial charge in [-0.05, 0) is 23.8 Å². The summed E-state index contributed by atoms with van der Waals surface area (Å²) in [5, 5.41) is 0.701. The van der Waals surface area contributed by atoms with E-state index in [-0.39, 0.29) is 11.6 Å². The van der Waals surface area contributed by atoms with Crippen LogP contribution in [0.25, 0.3) is 0 Å². The Labute approximate surface area is 180 Å². The molecule has 0 saturated carbocycles. The fraction of sp³-hybridized carbons (Fsp3) is 0.200. The van der Waals surface area contributed by atoms with Crippen molar-refractivity contribution >= 4 is 28.9 Å². The van der Waals surface area contributed by atoms with Crippen molar-refractivity contribution in [2.45, 2.75) is 5.54 Å². The van der Waals surface area contributed by atoms with Crippen LogP contribution < -0.4 is 4.90 Å². The highest BCUT2D eigenvalue weighted by atomic mass is 35.5. The van der Waals surface area contributed by atoms with Gasteiger partial charge in [-0.3, -0.25) is 14.5 Å². The Morgan fingerprint density at radius 2 is 1.30 bits per heavy atom. The van der Waals surface area contributed by atoms with E-state index in [0.717, 1.165) is 11.3 Å². The van der Waals surface area contributed by atoms with Gasteiger partial charge in [0.15, 0.2) is 17.1 Å². The second-order valence-electron chi connectivity index (χ2n) is 7.73. The number of halogens is 1. The number of rotatable bonds is 3. The van der Waals surface area contributed by atoms with E-state index in [1.54, 1.807) is 12.1 Å². The molecule has 0 atom stereocenters. The molecular formula is C25H21ClN2O2. The number of nitrogens with zero attached hydrogens (tertiary/aromatic N) is 2. The van der Waals surface area contributed by atoms with Crippen molar-refractivity contribution in [2.75, 3.05) is 31.1 Å². The molecule has 0 spiro atoms. The molecule has 1 aliphatic carbocycles. The van der Waals surface area contributed by atoms with Gasteiger partial charge in [-0.25, -0.2) is 0 Å². The maximum atomic E-state index is 13.7. The average molecular weight is 417 g/mol. The highest BCUT2D eigenvalue weighted by Gasteiger charge is 2.58. The largest absolute Gasteiger partial charge is 0.369 e. The molecule has 0 unspecified atom stereocenters. The minimum Gasteiger partial charge on any atom is -0.369 e. The molecule has 0 amide bonds. The van der Waals surface area contributed by atoms with Crippen LogP contribution in [0.1, 0.15) is 26.3 Å². The Morgan fingerprint density at radius 1 is 0.700 bits per heavy atom. The van der Waals surface area contributed by atoms with Gasteiger partial charge in [-0.15, -0.1) is 0 Å². The van der Waals surface area contributed by atoms with E-state index in [1.807, 2.05) is 66.7 Å². The predicted octanol–water partition coefficient (Wildman–Crippen LogP) is 4.44. The van der Waals surface area contributed by atoms with E-state index in [4.69, 9.17) is 11.6 Å². The SMILES string of the molecule is O=C1c2ccccc2C(=O)C1(c1ccccc1)N1CCN(c2cccc(Cl)c2)CC1. The third-order valence-corrected chi connectivity index (χ3v) is 6.43. The van der Waals surface area contributed by atoms with Crippen molar-refractivity contribution in [3.63, 3.8) is 0 Å². The Kier molecular flexibility index (Phi) is 4.69. The van der Waals surface area contributed by atoms with E-state index in [0.29, 0.717) is 42.3 Å². The van der Waals surface area contributed by atoms with Crippen LogP contribution >= 0.6 is 11.6 Å². The number of carbonyl (C=O) groups is 2. The summed E-state index contributed by atoms with van der Waals surface area (Å²) in [6.07, 6.45) is 0. The molecular weight excluding hydrogens is 396 g/mol. The van der Waals surface area contributed by atoms with Crippen LogP contribution in [0.5, 0.6) is 0 Å². The predicted molar refractivity (Wildman–Crippen MR) is 118 cm³/mol. The van der Waals surface area contributed by atoms with Crippen molar-refractivity contribution in [3.05, 3.63) is 101 Å². The number of piperazine rings is 1. The average Bonchev–Trinajstić information content (AvgIpc) is 3.02. The molecule has 4 nitrogen and oxygen atoms in total. The third-order valence-electron chi connectivity index (χ3n) is 6.19. The summed E-state index contributed by atoms with van der Waals surface area (Å²) in [6.45, 7) is 2.64. The summed E-state index contributed by atoms with van der Waals surface area (Å²) in [5.74, 6) is -0.240. The molecule has 30 heavy (non-hydrogen) atoms. The standard InChI is InChI=1S/C25H21ClN2O2/c26-19-9-6-10-20(17-19)27-13-15-28(16-14-27)25(18-7-2-1-3-8-18)23(29)21-11-4-5-12-22(21)24(25)30/h1-12,17H,13-16H2. The molecule has 3 aromatic rings. The van der Waals surface area contributed by atoms with Gasteiger partial charge in [-0.2, -0.15) is 0 Å². The second kappa shape index (κ2) is 7.38. The topological polar surface area (TPSA) is 40.6 Å². The van der Waals surface area contributed by atoms with Gasteiger partial charge < -0.3 is 4.90 Å². The molecule has 3 aromatic carbocycles. The first kappa shape index (κ1) is 19.0. The summed E-state index contributed by atoms with van der Waals surface area (Å²) in [6, 6.07) is 24.4. The van der Waals surface area contributed by atoms with Crippen LogP contribution in [0.4, 0.5) is 5.69 Å². The van der Waals surface area contributed by atoms with Crippen LogP contribution in [0, 0.1) is 0 Å². The van der Waals surface area contributed by atoms with Gasteiger partial charge in [0.25, 0.3) is 0 Å². The monoisotopic (exact) mass is 416 g/mol. The number of fused-ring (bicyclic) bond motifs is 1. The van der Waals surface area contributed by atoms with E-state index in [1.165, 1.54) is 0 Å². The van der Waals surface area contributed by atoms with Crippen molar-refractivity contribution in [1.82, 2.24) is 4.90 Å². The fourth-order valence-electron chi connectivity index (χ4n) is 4.76. The van der Waals surface area contributed by atoms with Crippen LogP contribution in [0.3, 0.4) is 0 Å². The van der Waals surface area contributed by atoms with Crippen LogP contribution in [0.2, 0.25) is 5.02 Å². The molecule has 1 saturated heterocycles. The zero-order valence-electron chi connectivity index (χ0n) is 16.4. The summed E-state index contributed by atoms with van der Waals surface area (Å²) in [4.78, 5) is 31.8. The number of anilines is 1. The minimum atomic E-state index is -1.29. The lowest BCUT2D eigenvalue weighted by Crippen LogP contribution is -2.60. The number of ketones is 2. The molecule has 5 heteroatoms. The lowest BCUT2D eigenvalue weighted by atomic mass is 9.82. The van der Waals surface area contributed by atoms with Gasteiger partial charge in [-0.1, -0.05) is 72.3 Å². The van der Waals surface area contributed by atoms with E-state index < -0.39 is 5.54 Å². The van der Waals surface area contributed by atoms with Gasteiger partial charge >= 0.3 is 0 Å². The van der Waals surface area contributed by atoms with E-state index >= 15 is 0 Å². The number of carbonyl (C=O) groups excluding carboxylic acids is 2. The molecule has 1 heterocycles. The zero-order valence-corrected chi connectivity index (χ0v) is 17.2.